The average Bonchev–Trinajstić information content (AvgIpc) is 2.34. The van der Waals surface area contributed by atoms with Gasteiger partial charge in [0.1, 0.15) is 5.75 Å². The molecule has 0 aliphatic carbocycles. The molecule has 0 heterocycles. The molecule has 0 aromatic heterocycles. The van der Waals surface area contributed by atoms with Crippen LogP contribution in [-0.4, -0.2) is 20.8 Å². The van der Waals surface area contributed by atoms with Gasteiger partial charge in [0.2, 0.25) is 10.0 Å². The first-order chi connectivity index (χ1) is 9.33. The normalized spacial score (nSPS) is 13.3. The molecule has 20 heavy (non-hydrogen) atoms. The fourth-order valence-corrected chi connectivity index (χ4v) is 3.24. The molecule has 2 rings (SSSR count). The van der Waals surface area contributed by atoms with Crippen LogP contribution in [-0.2, 0) is 10.0 Å². The Morgan fingerprint density at radius 1 is 1.20 bits per heavy atom. The number of ether oxygens (including phenoxy) is 1. The largest absolute Gasteiger partial charge is 0.493 e. The molecule has 108 valence electrons. The highest BCUT2D eigenvalue weighted by molar-refractivity contribution is 9.10. The fraction of sp³-hybridized carbons (Fsp3) is 0.286. The molecule has 2 aromatic rings. The van der Waals surface area contributed by atoms with Crippen LogP contribution < -0.4 is 9.88 Å². The van der Waals surface area contributed by atoms with Gasteiger partial charge in [0.25, 0.3) is 0 Å². The fourth-order valence-electron chi connectivity index (χ4n) is 1.97. The van der Waals surface area contributed by atoms with Crippen molar-refractivity contribution in [1.82, 2.24) is 0 Å². The van der Waals surface area contributed by atoms with Crippen LogP contribution in [0.25, 0.3) is 10.8 Å². The quantitative estimate of drug-likeness (QED) is 0.894. The first-order valence-corrected chi connectivity index (χ1v) is 8.67. The van der Waals surface area contributed by atoms with E-state index < -0.39 is 10.0 Å². The van der Waals surface area contributed by atoms with E-state index in [4.69, 9.17) is 9.88 Å². The lowest BCUT2D eigenvalue weighted by Gasteiger charge is -2.12. The van der Waals surface area contributed by atoms with Crippen molar-refractivity contribution in [3.63, 3.8) is 0 Å². The van der Waals surface area contributed by atoms with E-state index in [9.17, 15) is 8.42 Å². The van der Waals surface area contributed by atoms with Crippen LogP contribution in [0.5, 0.6) is 5.75 Å². The first-order valence-electron chi connectivity index (χ1n) is 6.16. The van der Waals surface area contributed by atoms with E-state index in [2.05, 4.69) is 15.9 Å². The van der Waals surface area contributed by atoms with Gasteiger partial charge in [-0.2, -0.15) is 0 Å². The molecule has 0 radical (unpaired) electrons. The smallest absolute Gasteiger partial charge is 0.209 e. The van der Waals surface area contributed by atoms with Crippen LogP contribution in [0, 0.1) is 5.92 Å². The van der Waals surface area contributed by atoms with Crippen molar-refractivity contribution in [2.24, 2.45) is 11.1 Å². The highest BCUT2D eigenvalue weighted by atomic mass is 79.9. The maximum atomic E-state index is 11.0. The molecule has 6 heteroatoms. The van der Waals surface area contributed by atoms with Gasteiger partial charge in [0, 0.05) is 10.4 Å². The molecule has 2 aromatic carbocycles. The second kappa shape index (κ2) is 6.11. The molecule has 0 fully saturated rings. The van der Waals surface area contributed by atoms with Crippen LogP contribution in [0.15, 0.2) is 40.9 Å². The Hall–Kier alpha value is -1.11. The molecular formula is C14H16BrNO3S. The third kappa shape index (κ3) is 4.47. The van der Waals surface area contributed by atoms with Crippen molar-refractivity contribution in [3.8, 4) is 5.75 Å². The number of rotatable bonds is 5. The molecular weight excluding hydrogens is 342 g/mol. The number of hydrogen-bond donors (Lipinski definition) is 1. The van der Waals surface area contributed by atoms with Crippen LogP contribution >= 0.6 is 15.9 Å². The first kappa shape index (κ1) is 15.3. The predicted octanol–water partition coefficient (Wildman–Crippen LogP) is 2.91. The van der Waals surface area contributed by atoms with Crippen LogP contribution in [0.3, 0.4) is 0 Å². The van der Waals surface area contributed by atoms with Crippen LogP contribution in [0.2, 0.25) is 0 Å². The summed E-state index contributed by atoms with van der Waals surface area (Å²) in [6.07, 6.45) is 0. The maximum absolute atomic E-state index is 11.0. The van der Waals surface area contributed by atoms with Crippen LogP contribution in [0.4, 0.5) is 0 Å². The topological polar surface area (TPSA) is 69.4 Å². The molecule has 0 aliphatic heterocycles. The number of benzene rings is 2. The number of primary sulfonamides is 1. The zero-order valence-corrected chi connectivity index (χ0v) is 13.4. The van der Waals surface area contributed by atoms with Gasteiger partial charge < -0.3 is 4.74 Å². The van der Waals surface area contributed by atoms with Crippen molar-refractivity contribution in [2.75, 3.05) is 12.4 Å². The molecule has 0 amide bonds. The molecule has 0 aliphatic rings. The minimum atomic E-state index is -3.45. The number of nitrogens with two attached hydrogens (primary N) is 1. The summed E-state index contributed by atoms with van der Waals surface area (Å²) in [6, 6.07) is 11.8. The van der Waals surface area contributed by atoms with E-state index in [1.54, 1.807) is 6.92 Å². The van der Waals surface area contributed by atoms with Crippen molar-refractivity contribution < 1.29 is 13.2 Å². The number of fused-ring (bicyclic) bond motifs is 1. The molecule has 1 unspecified atom stereocenters. The molecule has 2 N–H and O–H groups in total. The third-order valence-corrected chi connectivity index (χ3v) is 4.35. The SMILES string of the molecule is CC(COc1ccc2cc(Br)ccc2c1)CS(N)(=O)=O. The van der Waals surface area contributed by atoms with Gasteiger partial charge in [0.15, 0.2) is 0 Å². The number of halogens is 1. The van der Waals surface area contributed by atoms with Crippen molar-refractivity contribution in [1.29, 1.82) is 0 Å². The monoisotopic (exact) mass is 357 g/mol. The second-order valence-electron chi connectivity index (χ2n) is 4.90. The summed E-state index contributed by atoms with van der Waals surface area (Å²) in [7, 11) is -3.45. The van der Waals surface area contributed by atoms with Crippen LogP contribution in [0.1, 0.15) is 6.92 Å². The average molecular weight is 358 g/mol. The summed E-state index contributed by atoms with van der Waals surface area (Å²) in [4.78, 5) is 0. The van der Waals surface area contributed by atoms with E-state index in [0.29, 0.717) is 6.61 Å². The van der Waals surface area contributed by atoms with Crippen molar-refractivity contribution in [3.05, 3.63) is 40.9 Å². The molecule has 4 nitrogen and oxygen atoms in total. The van der Waals surface area contributed by atoms with E-state index >= 15 is 0 Å². The summed E-state index contributed by atoms with van der Waals surface area (Å²) < 4.78 is 28.6. The molecule has 0 saturated carbocycles. The Labute approximate surface area is 127 Å². The van der Waals surface area contributed by atoms with Gasteiger partial charge in [-0.15, -0.1) is 0 Å². The Kier molecular flexibility index (Phi) is 4.67. The van der Waals surface area contributed by atoms with E-state index in [-0.39, 0.29) is 11.7 Å². The van der Waals surface area contributed by atoms with E-state index in [1.807, 2.05) is 36.4 Å². The Balaban J connectivity index is 2.05. The molecule has 0 spiro atoms. The summed E-state index contributed by atoms with van der Waals surface area (Å²) in [6.45, 7) is 2.11. The Morgan fingerprint density at radius 2 is 1.85 bits per heavy atom. The minimum absolute atomic E-state index is 0.0759. The van der Waals surface area contributed by atoms with E-state index in [1.165, 1.54) is 0 Å². The molecule has 0 saturated heterocycles. The standard InChI is InChI=1S/C14H16BrNO3S/c1-10(9-20(16,17)18)8-19-14-5-3-11-6-13(15)4-2-12(11)7-14/h2-7,10H,8-9H2,1H3,(H2,16,17,18). The summed E-state index contributed by atoms with van der Waals surface area (Å²) in [5.41, 5.74) is 0. The van der Waals surface area contributed by atoms with Gasteiger partial charge in [-0.05, 0) is 35.0 Å². The lowest BCUT2D eigenvalue weighted by Crippen LogP contribution is -2.25. The molecule has 1 atom stereocenters. The lowest BCUT2D eigenvalue weighted by atomic mass is 10.1. The lowest BCUT2D eigenvalue weighted by molar-refractivity contribution is 0.272. The maximum Gasteiger partial charge on any atom is 0.209 e. The highest BCUT2D eigenvalue weighted by Gasteiger charge is 2.11. The third-order valence-electron chi connectivity index (χ3n) is 2.83. The number of hydrogen-bond acceptors (Lipinski definition) is 3. The van der Waals surface area contributed by atoms with Gasteiger partial charge in [-0.1, -0.05) is 35.0 Å². The van der Waals surface area contributed by atoms with Gasteiger partial charge in [-0.25, -0.2) is 13.6 Å². The van der Waals surface area contributed by atoms with Crippen molar-refractivity contribution >= 4 is 36.7 Å². The molecule has 0 bridgehead atoms. The van der Waals surface area contributed by atoms with Gasteiger partial charge in [-0.3, -0.25) is 0 Å². The summed E-state index contributed by atoms with van der Waals surface area (Å²) in [5.74, 6) is 0.500. The van der Waals surface area contributed by atoms with Crippen molar-refractivity contribution in [2.45, 2.75) is 6.92 Å². The summed E-state index contributed by atoms with van der Waals surface area (Å²) >= 11 is 3.43. The zero-order valence-electron chi connectivity index (χ0n) is 11.0. The predicted molar refractivity (Wildman–Crippen MR) is 84.3 cm³/mol. The highest BCUT2D eigenvalue weighted by Crippen LogP contribution is 2.24. The second-order valence-corrected chi connectivity index (χ2v) is 7.47. The summed E-state index contributed by atoms with van der Waals surface area (Å²) in [5, 5.41) is 7.20. The number of sulfonamides is 1. The van der Waals surface area contributed by atoms with E-state index in [0.717, 1.165) is 21.0 Å². The Morgan fingerprint density at radius 3 is 2.55 bits per heavy atom. The minimum Gasteiger partial charge on any atom is -0.493 e. The van der Waals surface area contributed by atoms with Gasteiger partial charge in [0.05, 0.1) is 12.4 Å². The zero-order chi connectivity index (χ0) is 14.8. The van der Waals surface area contributed by atoms with Gasteiger partial charge >= 0.3 is 0 Å². The Bertz CT molecular complexity index is 715.